The Morgan fingerprint density at radius 2 is 1.44 bits per heavy atom. The quantitative estimate of drug-likeness (QED) is 0.268. The number of hydrogen-bond acceptors (Lipinski definition) is 2. The topological polar surface area (TPSA) is 21.6 Å². The molecular weight excluding hydrogens is 257 g/mol. The number of halogens is 5. The van der Waals surface area contributed by atoms with Gasteiger partial charge < -0.3 is 4.84 Å². The lowest BCUT2D eigenvalue weighted by molar-refractivity contribution is 0.124. The summed E-state index contributed by atoms with van der Waals surface area (Å²) in [6.45, 7) is 0.829. The first kappa shape index (κ1) is 14.1. The van der Waals surface area contributed by atoms with Gasteiger partial charge in [-0.3, -0.25) is 0 Å². The average Bonchev–Trinajstić information content (AvgIpc) is 2.37. The molecule has 1 aromatic rings. The first-order valence-electron chi connectivity index (χ1n) is 4.77. The Balaban J connectivity index is 2.96. The minimum absolute atomic E-state index is 0.861. The van der Waals surface area contributed by atoms with Crippen LogP contribution < -0.4 is 0 Å². The van der Waals surface area contributed by atoms with Crippen LogP contribution in [-0.4, -0.2) is 6.21 Å². The fraction of sp³-hybridized carbons (Fsp3) is 0.182. The molecule has 0 fully saturated rings. The van der Waals surface area contributed by atoms with Crippen molar-refractivity contribution in [3.8, 4) is 0 Å². The lowest BCUT2D eigenvalue weighted by Gasteiger charge is -2.06. The van der Waals surface area contributed by atoms with E-state index < -0.39 is 41.3 Å². The summed E-state index contributed by atoms with van der Waals surface area (Å²) in [6.07, 6.45) is 4.22. The van der Waals surface area contributed by atoms with Crippen LogP contribution in [0, 0.1) is 29.1 Å². The SMILES string of the molecule is C/C=C/C=N/OCc1c(F)c(F)c(F)c(F)c1F. The summed E-state index contributed by atoms with van der Waals surface area (Å²) in [4.78, 5) is 4.42. The Hall–Kier alpha value is -1.92. The minimum atomic E-state index is -2.20. The number of nitrogens with zero attached hydrogens (tertiary/aromatic N) is 1. The van der Waals surface area contributed by atoms with Crippen molar-refractivity contribution in [2.45, 2.75) is 13.5 Å². The van der Waals surface area contributed by atoms with Crippen molar-refractivity contribution in [1.82, 2.24) is 0 Å². The smallest absolute Gasteiger partial charge is 0.200 e. The summed E-state index contributed by atoms with van der Waals surface area (Å²) >= 11 is 0. The molecule has 0 N–H and O–H groups in total. The van der Waals surface area contributed by atoms with Crippen LogP contribution in [-0.2, 0) is 11.4 Å². The van der Waals surface area contributed by atoms with Crippen molar-refractivity contribution >= 4 is 6.21 Å². The van der Waals surface area contributed by atoms with E-state index in [0.717, 1.165) is 6.21 Å². The van der Waals surface area contributed by atoms with Gasteiger partial charge in [-0.25, -0.2) is 22.0 Å². The lowest BCUT2D eigenvalue weighted by Crippen LogP contribution is -2.07. The van der Waals surface area contributed by atoms with Crippen LogP contribution in [0.4, 0.5) is 22.0 Å². The molecule has 18 heavy (non-hydrogen) atoms. The van der Waals surface area contributed by atoms with E-state index in [9.17, 15) is 22.0 Å². The van der Waals surface area contributed by atoms with Crippen LogP contribution in [0.3, 0.4) is 0 Å². The third-order valence-electron chi connectivity index (χ3n) is 1.92. The first-order valence-corrected chi connectivity index (χ1v) is 4.77. The Labute approximate surface area is 99.4 Å². The molecule has 0 aromatic heterocycles. The molecule has 0 saturated carbocycles. The Bertz CT molecular complexity index is 470. The van der Waals surface area contributed by atoms with E-state index in [1.165, 1.54) is 6.08 Å². The number of oxime groups is 1. The van der Waals surface area contributed by atoms with Crippen molar-refractivity contribution in [1.29, 1.82) is 0 Å². The number of allylic oxidation sites excluding steroid dienone is 2. The Morgan fingerprint density at radius 3 is 1.94 bits per heavy atom. The second-order valence-corrected chi connectivity index (χ2v) is 3.10. The molecule has 0 unspecified atom stereocenters. The number of benzene rings is 1. The van der Waals surface area contributed by atoms with Gasteiger partial charge in [0.05, 0.1) is 11.8 Å². The maximum Gasteiger partial charge on any atom is 0.200 e. The van der Waals surface area contributed by atoms with E-state index >= 15 is 0 Å². The molecule has 0 amide bonds. The number of rotatable bonds is 4. The zero-order valence-electron chi connectivity index (χ0n) is 9.18. The molecule has 0 aliphatic heterocycles. The molecule has 1 rings (SSSR count). The highest BCUT2D eigenvalue weighted by Crippen LogP contribution is 2.23. The molecule has 98 valence electrons. The monoisotopic (exact) mass is 265 g/mol. The highest BCUT2D eigenvalue weighted by atomic mass is 19.2. The molecule has 0 aliphatic rings. The van der Waals surface area contributed by atoms with Crippen molar-refractivity contribution < 1.29 is 26.8 Å². The van der Waals surface area contributed by atoms with Gasteiger partial charge in [-0.15, -0.1) is 0 Å². The second kappa shape index (κ2) is 6.13. The predicted molar refractivity (Wildman–Crippen MR) is 54.3 cm³/mol. The maximum absolute atomic E-state index is 13.1. The van der Waals surface area contributed by atoms with Gasteiger partial charge in [-0.2, -0.15) is 0 Å². The third kappa shape index (κ3) is 2.85. The molecule has 2 nitrogen and oxygen atoms in total. The van der Waals surface area contributed by atoms with Crippen molar-refractivity contribution in [2.24, 2.45) is 5.16 Å². The van der Waals surface area contributed by atoms with E-state index in [2.05, 4.69) is 9.99 Å². The molecule has 0 bridgehead atoms. The van der Waals surface area contributed by atoms with E-state index in [-0.39, 0.29) is 0 Å². The molecule has 0 aliphatic carbocycles. The van der Waals surface area contributed by atoms with E-state index in [0.29, 0.717) is 0 Å². The summed E-state index contributed by atoms with van der Waals surface area (Å²) in [5.74, 6) is -10.1. The summed E-state index contributed by atoms with van der Waals surface area (Å²) in [6, 6.07) is 0. The lowest BCUT2D eigenvalue weighted by atomic mass is 10.2. The third-order valence-corrected chi connectivity index (χ3v) is 1.92. The van der Waals surface area contributed by atoms with E-state index in [1.807, 2.05) is 0 Å². The van der Waals surface area contributed by atoms with E-state index in [1.54, 1.807) is 13.0 Å². The Morgan fingerprint density at radius 1 is 0.944 bits per heavy atom. The summed E-state index contributed by atoms with van der Waals surface area (Å²) in [5.41, 5.74) is -1.07. The van der Waals surface area contributed by atoms with Gasteiger partial charge in [0, 0.05) is 0 Å². The maximum atomic E-state index is 13.1. The summed E-state index contributed by atoms with van der Waals surface area (Å²) in [5, 5.41) is 3.24. The normalized spacial score (nSPS) is 11.7. The summed E-state index contributed by atoms with van der Waals surface area (Å²) < 4.78 is 64.4. The largest absolute Gasteiger partial charge is 0.391 e. The molecular formula is C11H8F5NO. The van der Waals surface area contributed by atoms with Crippen LogP contribution in [0.1, 0.15) is 12.5 Å². The van der Waals surface area contributed by atoms with Crippen LogP contribution in [0.15, 0.2) is 17.3 Å². The second-order valence-electron chi connectivity index (χ2n) is 3.10. The fourth-order valence-electron chi connectivity index (χ4n) is 1.04. The van der Waals surface area contributed by atoms with Crippen LogP contribution in [0.25, 0.3) is 0 Å². The van der Waals surface area contributed by atoms with Gasteiger partial charge in [0.15, 0.2) is 23.3 Å². The standard InChI is InChI=1S/C11H8F5NO/c1-2-3-4-17-18-5-6-7(12)9(14)11(16)10(15)8(6)13/h2-4H,5H2,1H3/b3-2+,17-4+. The predicted octanol–water partition coefficient (Wildman–Crippen LogP) is 3.46. The van der Waals surface area contributed by atoms with Crippen LogP contribution >= 0.6 is 0 Å². The first-order chi connectivity index (χ1) is 8.50. The van der Waals surface area contributed by atoms with Gasteiger partial charge in [0.1, 0.15) is 6.61 Å². The highest BCUT2D eigenvalue weighted by molar-refractivity contribution is 5.70. The van der Waals surface area contributed by atoms with Gasteiger partial charge in [0.2, 0.25) is 5.82 Å². The zero-order valence-corrected chi connectivity index (χ0v) is 9.18. The molecule has 7 heteroatoms. The summed E-state index contributed by atoms with van der Waals surface area (Å²) in [7, 11) is 0. The van der Waals surface area contributed by atoms with Crippen LogP contribution in [0.5, 0.6) is 0 Å². The van der Waals surface area contributed by atoms with Gasteiger partial charge in [0.25, 0.3) is 0 Å². The Kier molecular flexibility index (Phi) is 4.82. The zero-order chi connectivity index (χ0) is 13.7. The molecule has 0 heterocycles. The van der Waals surface area contributed by atoms with E-state index in [4.69, 9.17) is 0 Å². The van der Waals surface area contributed by atoms with Crippen molar-refractivity contribution in [3.05, 3.63) is 46.8 Å². The average molecular weight is 265 g/mol. The van der Waals surface area contributed by atoms with Gasteiger partial charge in [-0.05, 0) is 13.0 Å². The van der Waals surface area contributed by atoms with Crippen LogP contribution in [0.2, 0.25) is 0 Å². The van der Waals surface area contributed by atoms with Crippen molar-refractivity contribution in [2.75, 3.05) is 0 Å². The molecule has 1 aromatic carbocycles. The minimum Gasteiger partial charge on any atom is -0.391 e. The fourth-order valence-corrected chi connectivity index (χ4v) is 1.04. The molecule has 0 saturated heterocycles. The highest BCUT2D eigenvalue weighted by Gasteiger charge is 2.25. The van der Waals surface area contributed by atoms with Gasteiger partial charge >= 0.3 is 0 Å². The molecule has 0 radical (unpaired) electrons. The molecule has 0 spiro atoms. The molecule has 0 atom stereocenters. The van der Waals surface area contributed by atoms with Gasteiger partial charge in [-0.1, -0.05) is 11.2 Å². The number of hydrogen-bond donors (Lipinski definition) is 0. The van der Waals surface area contributed by atoms with Crippen molar-refractivity contribution in [3.63, 3.8) is 0 Å².